The number of likely N-dealkylation sites (tertiary alicyclic amines) is 1. The summed E-state index contributed by atoms with van der Waals surface area (Å²) in [6.07, 6.45) is 5.27. The Kier molecular flexibility index (Phi) is 3.53. The fourth-order valence-corrected chi connectivity index (χ4v) is 3.12. The highest BCUT2D eigenvalue weighted by Gasteiger charge is 2.29. The monoisotopic (exact) mass is 288 g/mol. The summed E-state index contributed by atoms with van der Waals surface area (Å²) in [5.41, 5.74) is 1.79. The third-order valence-corrected chi connectivity index (χ3v) is 4.16. The van der Waals surface area contributed by atoms with Crippen molar-refractivity contribution >= 4 is 5.91 Å². The molecule has 0 N–H and O–H groups in total. The van der Waals surface area contributed by atoms with E-state index in [-0.39, 0.29) is 11.9 Å². The van der Waals surface area contributed by atoms with Crippen LogP contribution in [0.25, 0.3) is 0 Å². The fourth-order valence-electron chi connectivity index (χ4n) is 3.12. The Hall–Kier alpha value is -2.11. The molecule has 3 rings (SSSR count). The zero-order valence-corrected chi connectivity index (χ0v) is 12.7. The maximum Gasteiger partial charge on any atom is 0.291 e. The topological polar surface area (TPSA) is 64.2 Å². The van der Waals surface area contributed by atoms with Gasteiger partial charge in [-0.15, -0.1) is 0 Å². The summed E-state index contributed by atoms with van der Waals surface area (Å²) in [6, 6.07) is 0.286. The summed E-state index contributed by atoms with van der Waals surface area (Å²) >= 11 is 0. The Labute approximate surface area is 123 Å². The van der Waals surface area contributed by atoms with E-state index in [0.717, 1.165) is 30.9 Å². The predicted molar refractivity (Wildman–Crippen MR) is 77.1 cm³/mol. The van der Waals surface area contributed by atoms with Crippen LogP contribution in [-0.2, 0) is 0 Å². The number of aromatic nitrogens is 3. The molecule has 1 fully saturated rings. The average molecular weight is 288 g/mol. The summed E-state index contributed by atoms with van der Waals surface area (Å²) in [4.78, 5) is 22.8. The number of oxazole rings is 1. The highest BCUT2D eigenvalue weighted by atomic mass is 16.3. The largest absolute Gasteiger partial charge is 0.438 e. The zero-order chi connectivity index (χ0) is 15.0. The van der Waals surface area contributed by atoms with Crippen LogP contribution < -0.4 is 0 Å². The van der Waals surface area contributed by atoms with Gasteiger partial charge in [-0.2, -0.15) is 0 Å². The first-order valence-electron chi connectivity index (χ1n) is 7.27. The van der Waals surface area contributed by atoms with E-state index >= 15 is 0 Å². The molecule has 0 aliphatic carbocycles. The Bertz CT molecular complexity index is 639. The van der Waals surface area contributed by atoms with Crippen molar-refractivity contribution in [1.29, 1.82) is 0 Å². The van der Waals surface area contributed by atoms with Gasteiger partial charge in [-0.1, -0.05) is 0 Å². The minimum Gasteiger partial charge on any atom is -0.438 e. The molecule has 2 aromatic rings. The third kappa shape index (κ3) is 2.46. The van der Waals surface area contributed by atoms with E-state index in [0.29, 0.717) is 18.0 Å². The lowest BCUT2D eigenvalue weighted by Gasteiger charge is -2.34. The summed E-state index contributed by atoms with van der Waals surface area (Å²) in [7, 11) is 0. The van der Waals surface area contributed by atoms with Crippen LogP contribution in [-0.4, -0.2) is 38.4 Å². The van der Waals surface area contributed by atoms with Crippen molar-refractivity contribution in [3.8, 4) is 0 Å². The molecule has 1 saturated heterocycles. The van der Waals surface area contributed by atoms with E-state index in [1.165, 1.54) is 6.39 Å². The van der Waals surface area contributed by atoms with Crippen molar-refractivity contribution in [1.82, 2.24) is 19.4 Å². The first-order valence-corrected chi connectivity index (χ1v) is 7.27. The van der Waals surface area contributed by atoms with E-state index in [4.69, 9.17) is 4.42 Å². The molecule has 2 aromatic heterocycles. The molecule has 0 saturated carbocycles. The van der Waals surface area contributed by atoms with Crippen molar-refractivity contribution in [2.45, 2.75) is 39.7 Å². The molecule has 3 heterocycles. The van der Waals surface area contributed by atoms with Crippen LogP contribution in [0.4, 0.5) is 0 Å². The molecule has 6 heteroatoms. The SMILES string of the molecule is Cc1ncoc1C(=O)N1CCCC(n2c(C)cnc2C)C1. The number of aryl methyl sites for hydroxylation is 3. The highest BCUT2D eigenvalue weighted by Crippen LogP contribution is 2.25. The molecule has 0 bridgehead atoms. The number of imidazole rings is 1. The van der Waals surface area contributed by atoms with Gasteiger partial charge in [0, 0.05) is 25.0 Å². The Balaban J connectivity index is 1.80. The Morgan fingerprint density at radius 2 is 2.14 bits per heavy atom. The van der Waals surface area contributed by atoms with E-state index in [1.807, 2.05) is 18.0 Å². The summed E-state index contributed by atoms with van der Waals surface area (Å²) in [6.45, 7) is 7.32. The van der Waals surface area contributed by atoms with Gasteiger partial charge in [0.25, 0.3) is 5.91 Å². The van der Waals surface area contributed by atoms with E-state index in [1.54, 1.807) is 6.92 Å². The molecule has 1 unspecified atom stereocenters. The van der Waals surface area contributed by atoms with E-state index < -0.39 is 0 Å². The maximum absolute atomic E-state index is 12.5. The molecule has 6 nitrogen and oxygen atoms in total. The van der Waals surface area contributed by atoms with Gasteiger partial charge in [-0.3, -0.25) is 4.79 Å². The number of carbonyl (C=O) groups excluding carboxylic acids is 1. The van der Waals surface area contributed by atoms with E-state index in [2.05, 4.69) is 21.5 Å². The predicted octanol–water partition coefficient (Wildman–Crippen LogP) is 2.27. The van der Waals surface area contributed by atoms with Crippen LogP contribution >= 0.6 is 0 Å². The van der Waals surface area contributed by atoms with Crippen molar-refractivity contribution in [2.75, 3.05) is 13.1 Å². The van der Waals surface area contributed by atoms with Gasteiger partial charge in [0.05, 0.1) is 11.7 Å². The van der Waals surface area contributed by atoms with Crippen molar-refractivity contribution < 1.29 is 9.21 Å². The molecule has 0 spiro atoms. The molecular formula is C15H20N4O2. The second kappa shape index (κ2) is 5.35. The number of nitrogens with zero attached hydrogens (tertiary/aromatic N) is 4. The minimum atomic E-state index is -0.0647. The molecular weight excluding hydrogens is 268 g/mol. The summed E-state index contributed by atoms with van der Waals surface area (Å²) in [5.74, 6) is 1.29. The highest BCUT2D eigenvalue weighted by molar-refractivity contribution is 5.92. The lowest BCUT2D eigenvalue weighted by Crippen LogP contribution is -2.41. The van der Waals surface area contributed by atoms with Gasteiger partial charge in [0.15, 0.2) is 6.39 Å². The molecule has 1 atom stereocenters. The molecule has 0 aromatic carbocycles. The van der Waals surface area contributed by atoms with Gasteiger partial charge in [0.1, 0.15) is 5.82 Å². The number of piperidine rings is 1. The fraction of sp³-hybridized carbons (Fsp3) is 0.533. The minimum absolute atomic E-state index is 0.0647. The number of hydrogen-bond donors (Lipinski definition) is 0. The summed E-state index contributed by atoms with van der Waals surface area (Å²) < 4.78 is 7.46. The standard InChI is InChI=1S/C15H20N4O2/c1-10-7-16-12(3)19(10)13-5-4-6-18(8-13)15(20)14-11(2)17-9-21-14/h7,9,13H,4-6,8H2,1-3H3. The third-order valence-electron chi connectivity index (χ3n) is 4.16. The van der Waals surface area contributed by atoms with Crippen molar-refractivity contribution in [3.05, 3.63) is 35.6 Å². The Morgan fingerprint density at radius 3 is 2.76 bits per heavy atom. The number of carbonyl (C=O) groups is 1. The van der Waals surface area contributed by atoms with Crippen LogP contribution in [0.1, 0.15) is 46.7 Å². The van der Waals surface area contributed by atoms with Gasteiger partial charge in [-0.05, 0) is 33.6 Å². The number of amides is 1. The normalized spacial score (nSPS) is 19.0. The molecule has 1 amide bonds. The first kappa shape index (κ1) is 13.9. The lowest BCUT2D eigenvalue weighted by molar-refractivity contribution is 0.0644. The van der Waals surface area contributed by atoms with Gasteiger partial charge in [0.2, 0.25) is 5.76 Å². The van der Waals surface area contributed by atoms with Crippen LogP contribution in [0, 0.1) is 20.8 Å². The second-order valence-electron chi connectivity index (χ2n) is 5.63. The molecule has 0 radical (unpaired) electrons. The lowest BCUT2D eigenvalue weighted by atomic mass is 10.0. The van der Waals surface area contributed by atoms with Crippen LogP contribution in [0.3, 0.4) is 0 Å². The maximum atomic E-state index is 12.5. The second-order valence-corrected chi connectivity index (χ2v) is 5.63. The Morgan fingerprint density at radius 1 is 1.33 bits per heavy atom. The smallest absolute Gasteiger partial charge is 0.291 e. The molecule has 21 heavy (non-hydrogen) atoms. The zero-order valence-electron chi connectivity index (χ0n) is 12.7. The summed E-state index contributed by atoms with van der Waals surface area (Å²) in [5, 5.41) is 0. The number of rotatable bonds is 2. The number of hydrogen-bond acceptors (Lipinski definition) is 4. The van der Waals surface area contributed by atoms with Gasteiger partial charge in [-0.25, -0.2) is 9.97 Å². The first-order chi connectivity index (χ1) is 10.1. The molecule has 112 valence electrons. The van der Waals surface area contributed by atoms with Crippen LogP contribution in [0.2, 0.25) is 0 Å². The van der Waals surface area contributed by atoms with Crippen molar-refractivity contribution in [2.24, 2.45) is 0 Å². The van der Waals surface area contributed by atoms with Gasteiger partial charge < -0.3 is 13.9 Å². The molecule has 1 aliphatic rings. The quantitative estimate of drug-likeness (QED) is 0.850. The van der Waals surface area contributed by atoms with Crippen molar-refractivity contribution in [3.63, 3.8) is 0 Å². The van der Waals surface area contributed by atoms with Gasteiger partial charge >= 0.3 is 0 Å². The van der Waals surface area contributed by atoms with E-state index in [9.17, 15) is 4.79 Å². The van der Waals surface area contributed by atoms with Crippen LogP contribution in [0.15, 0.2) is 17.0 Å². The van der Waals surface area contributed by atoms with Crippen LogP contribution in [0.5, 0.6) is 0 Å². The molecule has 1 aliphatic heterocycles. The average Bonchev–Trinajstić information content (AvgIpc) is 3.04.